The Morgan fingerprint density at radius 3 is 2.39 bits per heavy atom. The van der Waals surface area contributed by atoms with Crippen LogP contribution >= 0.6 is 0 Å². The average Bonchev–Trinajstić information content (AvgIpc) is 2.90. The fourth-order valence-corrected chi connectivity index (χ4v) is 4.79. The number of ketones is 1. The van der Waals surface area contributed by atoms with E-state index in [-0.39, 0.29) is 0 Å². The van der Waals surface area contributed by atoms with Gasteiger partial charge in [0.2, 0.25) is 5.78 Å². The van der Waals surface area contributed by atoms with E-state index in [1.165, 1.54) is 37.7 Å². The van der Waals surface area contributed by atoms with Crippen molar-refractivity contribution in [3.63, 3.8) is 0 Å². The second-order valence-electron chi connectivity index (χ2n) is 9.77. The zero-order valence-corrected chi connectivity index (χ0v) is 21.5. The van der Waals surface area contributed by atoms with Crippen molar-refractivity contribution in [2.45, 2.75) is 76.9 Å². The molecule has 3 rings (SSSR count). The molecule has 0 radical (unpaired) electrons. The van der Waals surface area contributed by atoms with Gasteiger partial charge in [-0.2, -0.15) is 0 Å². The van der Waals surface area contributed by atoms with Crippen LogP contribution in [-0.4, -0.2) is 41.6 Å². The second-order valence-corrected chi connectivity index (χ2v) is 9.77. The number of benzene rings is 2. The summed E-state index contributed by atoms with van der Waals surface area (Å²) in [6, 6.07) is 15.5. The lowest BCUT2D eigenvalue weighted by Gasteiger charge is -2.31. The largest absolute Gasteiger partial charge is 0.363 e. The number of hydrogen-bond donors (Lipinski definition) is 2. The quantitative estimate of drug-likeness (QED) is 0.325. The van der Waals surface area contributed by atoms with Crippen LogP contribution in [0.25, 0.3) is 12.2 Å². The molecule has 2 aromatic carbocycles. The molecule has 1 aliphatic rings. The van der Waals surface area contributed by atoms with E-state index in [2.05, 4.69) is 41.5 Å². The molecule has 0 saturated heterocycles. The van der Waals surface area contributed by atoms with E-state index in [0.717, 1.165) is 24.1 Å². The van der Waals surface area contributed by atoms with Gasteiger partial charge in [-0.05, 0) is 49.1 Å². The highest BCUT2D eigenvalue weighted by Crippen LogP contribution is 2.23. The normalized spacial score (nSPS) is 15.2. The summed E-state index contributed by atoms with van der Waals surface area (Å²) in [6.07, 6.45) is 12.4. The SMILES string of the molecule is CCCCC(NC(=O)c1ccccc1C=Cc1ccc(CN(C)C2CCCCC2)cc1)C(=O)C(N)=O. The second kappa shape index (κ2) is 13.7. The molecule has 0 bridgehead atoms. The lowest BCUT2D eigenvalue weighted by atomic mass is 9.94. The predicted octanol–water partition coefficient (Wildman–Crippen LogP) is 4.96. The monoisotopic (exact) mass is 489 g/mol. The molecule has 2 aromatic rings. The third kappa shape index (κ3) is 7.89. The highest BCUT2D eigenvalue weighted by Gasteiger charge is 2.25. The first kappa shape index (κ1) is 27.3. The van der Waals surface area contributed by atoms with Gasteiger partial charge in [0, 0.05) is 18.2 Å². The number of carbonyl (C=O) groups excluding carboxylic acids is 3. The number of hydrogen-bond acceptors (Lipinski definition) is 4. The van der Waals surface area contributed by atoms with Crippen molar-refractivity contribution in [1.29, 1.82) is 0 Å². The molecular weight excluding hydrogens is 450 g/mol. The lowest BCUT2D eigenvalue weighted by molar-refractivity contribution is -0.137. The van der Waals surface area contributed by atoms with Gasteiger partial charge in [0.15, 0.2) is 0 Å². The Bertz CT molecular complexity index is 1060. The fourth-order valence-electron chi connectivity index (χ4n) is 4.79. The first-order chi connectivity index (χ1) is 17.4. The van der Waals surface area contributed by atoms with Crippen LogP contribution < -0.4 is 11.1 Å². The Balaban J connectivity index is 1.66. The van der Waals surface area contributed by atoms with E-state index < -0.39 is 23.6 Å². The first-order valence-electron chi connectivity index (χ1n) is 13.1. The molecule has 192 valence electrons. The number of primary amides is 1. The maximum atomic E-state index is 13.0. The molecule has 0 heterocycles. The Kier molecular flexibility index (Phi) is 10.4. The number of carbonyl (C=O) groups is 3. The third-order valence-electron chi connectivity index (χ3n) is 6.98. The van der Waals surface area contributed by atoms with E-state index in [9.17, 15) is 14.4 Å². The molecule has 1 atom stereocenters. The van der Waals surface area contributed by atoms with Gasteiger partial charge in [0.1, 0.15) is 0 Å². The number of nitrogens with two attached hydrogens (primary N) is 1. The summed E-state index contributed by atoms with van der Waals surface area (Å²) in [4.78, 5) is 39.1. The van der Waals surface area contributed by atoms with Gasteiger partial charge in [-0.3, -0.25) is 19.3 Å². The van der Waals surface area contributed by atoms with E-state index in [1.54, 1.807) is 12.1 Å². The van der Waals surface area contributed by atoms with Crippen LogP contribution in [0.1, 0.15) is 85.3 Å². The smallest absolute Gasteiger partial charge is 0.287 e. The number of unbranched alkanes of at least 4 members (excludes halogenated alkanes) is 1. The fraction of sp³-hybridized carbons (Fsp3) is 0.433. The molecule has 2 amide bonds. The molecule has 1 unspecified atom stereocenters. The standard InChI is InChI=1S/C30H39N3O3/c1-3-4-14-27(28(34)29(31)35)32-30(36)26-13-9-8-10-24(26)20-19-22-15-17-23(18-16-22)21-33(2)25-11-6-5-7-12-25/h8-10,13,15-20,25,27H,3-7,11-12,14,21H2,1-2H3,(H2,31,35)(H,32,36). The van der Waals surface area contributed by atoms with Crippen molar-refractivity contribution in [3.8, 4) is 0 Å². The lowest BCUT2D eigenvalue weighted by Crippen LogP contribution is -2.46. The van der Waals surface area contributed by atoms with Crippen LogP contribution in [0.4, 0.5) is 0 Å². The van der Waals surface area contributed by atoms with Crippen molar-refractivity contribution in [2.75, 3.05) is 7.05 Å². The highest BCUT2D eigenvalue weighted by molar-refractivity contribution is 6.38. The molecule has 6 nitrogen and oxygen atoms in total. The molecule has 3 N–H and O–H groups in total. The zero-order chi connectivity index (χ0) is 25.9. The number of nitrogens with zero attached hydrogens (tertiary/aromatic N) is 1. The minimum Gasteiger partial charge on any atom is -0.363 e. The molecule has 0 spiro atoms. The summed E-state index contributed by atoms with van der Waals surface area (Å²) in [7, 11) is 2.22. The van der Waals surface area contributed by atoms with Crippen LogP contribution in [0.2, 0.25) is 0 Å². The first-order valence-corrected chi connectivity index (χ1v) is 13.1. The Morgan fingerprint density at radius 1 is 1.03 bits per heavy atom. The number of nitrogens with one attached hydrogen (secondary N) is 1. The Hall–Kier alpha value is -3.25. The van der Waals surface area contributed by atoms with Crippen LogP contribution in [0.3, 0.4) is 0 Å². The van der Waals surface area contributed by atoms with Gasteiger partial charge in [0.25, 0.3) is 11.8 Å². The average molecular weight is 490 g/mol. The van der Waals surface area contributed by atoms with Crippen LogP contribution in [0.15, 0.2) is 48.5 Å². The maximum Gasteiger partial charge on any atom is 0.287 e. The maximum absolute atomic E-state index is 13.0. The van der Waals surface area contributed by atoms with Crippen LogP contribution in [-0.2, 0) is 16.1 Å². The molecule has 0 aromatic heterocycles. The van der Waals surface area contributed by atoms with Crippen molar-refractivity contribution >= 4 is 29.7 Å². The van der Waals surface area contributed by atoms with Crippen LogP contribution in [0, 0.1) is 0 Å². The number of rotatable bonds is 12. The number of amides is 2. The number of Topliss-reactive ketones (excluding diaryl/α,β-unsaturated/α-hetero) is 1. The topological polar surface area (TPSA) is 92.5 Å². The van der Waals surface area contributed by atoms with E-state index in [4.69, 9.17) is 5.73 Å². The van der Waals surface area contributed by atoms with Crippen LogP contribution in [0.5, 0.6) is 0 Å². The molecule has 0 aliphatic heterocycles. The van der Waals surface area contributed by atoms with E-state index in [0.29, 0.717) is 24.4 Å². The third-order valence-corrected chi connectivity index (χ3v) is 6.98. The summed E-state index contributed by atoms with van der Waals surface area (Å²) >= 11 is 0. The van der Waals surface area contributed by atoms with Crippen molar-refractivity contribution in [3.05, 3.63) is 70.8 Å². The summed E-state index contributed by atoms with van der Waals surface area (Å²) in [5.41, 5.74) is 8.69. The molecule has 6 heteroatoms. The molecule has 36 heavy (non-hydrogen) atoms. The van der Waals surface area contributed by atoms with Gasteiger partial charge < -0.3 is 11.1 Å². The zero-order valence-electron chi connectivity index (χ0n) is 21.5. The Morgan fingerprint density at radius 2 is 1.72 bits per heavy atom. The van der Waals surface area contributed by atoms with Gasteiger partial charge in [-0.15, -0.1) is 0 Å². The molecular formula is C30H39N3O3. The summed E-state index contributed by atoms with van der Waals surface area (Å²) < 4.78 is 0. The van der Waals surface area contributed by atoms with E-state index in [1.807, 2.05) is 31.2 Å². The van der Waals surface area contributed by atoms with Crippen molar-refractivity contribution in [2.24, 2.45) is 5.73 Å². The Labute approximate surface area is 214 Å². The predicted molar refractivity (Wildman–Crippen MR) is 145 cm³/mol. The van der Waals surface area contributed by atoms with Gasteiger partial charge in [-0.25, -0.2) is 0 Å². The van der Waals surface area contributed by atoms with Crippen molar-refractivity contribution < 1.29 is 14.4 Å². The molecule has 1 saturated carbocycles. The van der Waals surface area contributed by atoms with Gasteiger partial charge in [-0.1, -0.05) is 93.6 Å². The molecule has 1 fully saturated rings. The van der Waals surface area contributed by atoms with Gasteiger partial charge >= 0.3 is 0 Å². The minimum atomic E-state index is -1.03. The summed E-state index contributed by atoms with van der Waals surface area (Å²) in [5, 5.41) is 2.71. The van der Waals surface area contributed by atoms with Gasteiger partial charge in [0.05, 0.1) is 6.04 Å². The van der Waals surface area contributed by atoms with E-state index >= 15 is 0 Å². The van der Waals surface area contributed by atoms with Crippen molar-refractivity contribution in [1.82, 2.24) is 10.2 Å². The molecule has 1 aliphatic carbocycles. The summed E-state index contributed by atoms with van der Waals surface area (Å²) in [5.74, 6) is -2.19. The highest BCUT2D eigenvalue weighted by atomic mass is 16.2. The summed E-state index contributed by atoms with van der Waals surface area (Å²) in [6.45, 7) is 2.93. The minimum absolute atomic E-state index is 0.379.